The first kappa shape index (κ1) is 16.7. The fourth-order valence-electron chi connectivity index (χ4n) is 3.27. The van der Waals surface area contributed by atoms with Gasteiger partial charge < -0.3 is 14.8 Å². The number of H-pyrrole nitrogens is 1. The Labute approximate surface area is 143 Å². The quantitative estimate of drug-likeness (QED) is 0.887. The monoisotopic (exact) mass is 326 g/mol. The molecule has 1 aromatic heterocycles. The third-order valence-corrected chi connectivity index (χ3v) is 4.53. The molecular weight excluding hydrogens is 300 g/mol. The van der Waals surface area contributed by atoms with Crippen molar-refractivity contribution in [3.8, 4) is 0 Å². The first-order chi connectivity index (χ1) is 11.6. The zero-order valence-electron chi connectivity index (χ0n) is 14.5. The topological polar surface area (TPSA) is 52.2 Å². The number of aromatic nitrogens is 2. The van der Waals surface area contributed by atoms with Gasteiger partial charge in [0.2, 0.25) is 5.91 Å². The summed E-state index contributed by atoms with van der Waals surface area (Å²) in [5.41, 5.74) is 2.35. The molecule has 1 aromatic carbocycles. The molecule has 0 bridgehead atoms. The number of benzene rings is 1. The van der Waals surface area contributed by atoms with Gasteiger partial charge in [-0.05, 0) is 32.5 Å². The summed E-state index contributed by atoms with van der Waals surface area (Å²) in [6.07, 6.45) is 4.30. The van der Waals surface area contributed by atoms with Crippen molar-refractivity contribution < 1.29 is 4.79 Å². The molecule has 0 unspecified atom stereocenters. The molecule has 1 atom stereocenters. The zero-order chi connectivity index (χ0) is 16.9. The van der Waals surface area contributed by atoms with E-state index in [2.05, 4.69) is 27.0 Å². The third-order valence-electron chi connectivity index (χ3n) is 4.53. The second-order valence-corrected chi connectivity index (χ2v) is 6.84. The SMILES string of the molecule is CN(C)Cc1cnc([C@H]2CCN(C(=O)CCc3ccccc3)C2)[nH]1. The lowest BCUT2D eigenvalue weighted by atomic mass is 10.1. The maximum atomic E-state index is 12.4. The van der Waals surface area contributed by atoms with Crippen molar-refractivity contribution in [2.75, 3.05) is 27.2 Å². The number of amides is 1. The van der Waals surface area contributed by atoms with Gasteiger partial charge in [0.1, 0.15) is 5.82 Å². The van der Waals surface area contributed by atoms with Gasteiger partial charge in [0.15, 0.2) is 0 Å². The molecule has 128 valence electrons. The molecule has 2 aromatic rings. The number of carbonyl (C=O) groups is 1. The molecule has 3 rings (SSSR count). The standard InChI is InChI=1S/C19H26N4O/c1-22(2)14-17-12-20-19(21-17)16-10-11-23(13-16)18(24)9-8-15-6-4-3-5-7-15/h3-7,12,16H,8-11,13-14H2,1-2H3,(H,20,21)/t16-/m0/s1. The highest BCUT2D eigenvalue weighted by Crippen LogP contribution is 2.25. The molecule has 2 heterocycles. The number of aryl methyl sites for hydroxylation is 1. The highest BCUT2D eigenvalue weighted by molar-refractivity contribution is 5.76. The summed E-state index contributed by atoms with van der Waals surface area (Å²) in [5.74, 6) is 1.60. The number of nitrogens with one attached hydrogen (secondary N) is 1. The maximum absolute atomic E-state index is 12.4. The second-order valence-electron chi connectivity index (χ2n) is 6.84. The Morgan fingerprint density at radius 2 is 2.12 bits per heavy atom. The van der Waals surface area contributed by atoms with E-state index < -0.39 is 0 Å². The molecule has 1 N–H and O–H groups in total. The number of carbonyl (C=O) groups excluding carboxylic acids is 1. The number of likely N-dealkylation sites (tertiary alicyclic amines) is 1. The third kappa shape index (κ3) is 4.23. The fraction of sp³-hybridized carbons (Fsp3) is 0.474. The van der Waals surface area contributed by atoms with E-state index in [1.807, 2.05) is 43.4 Å². The smallest absolute Gasteiger partial charge is 0.222 e. The van der Waals surface area contributed by atoms with Gasteiger partial charge in [-0.2, -0.15) is 0 Å². The Bertz CT molecular complexity index is 665. The Morgan fingerprint density at radius 3 is 2.88 bits per heavy atom. The second kappa shape index (κ2) is 7.62. The first-order valence-corrected chi connectivity index (χ1v) is 8.62. The van der Waals surface area contributed by atoms with Gasteiger partial charge in [-0.25, -0.2) is 4.98 Å². The van der Waals surface area contributed by atoms with Crippen molar-refractivity contribution in [3.05, 3.63) is 53.6 Å². The van der Waals surface area contributed by atoms with Crippen LogP contribution in [0.15, 0.2) is 36.5 Å². The number of rotatable bonds is 6. The predicted molar refractivity (Wildman–Crippen MR) is 94.7 cm³/mol. The number of imidazole rings is 1. The van der Waals surface area contributed by atoms with E-state index in [1.165, 1.54) is 5.56 Å². The fourth-order valence-corrected chi connectivity index (χ4v) is 3.27. The van der Waals surface area contributed by atoms with E-state index in [0.29, 0.717) is 12.3 Å². The predicted octanol–water partition coefficient (Wildman–Crippen LogP) is 2.42. The molecular formula is C19H26N4O. The van der Waals surface area contributed by atoms with Crippen LogP contribution < -0.4 is 0 Å². The zero-order valence-corrected chi connectivity index (χ0v) is 14.5. The minimum atomic E-state index is 0.251. The molecule has 1 saturated heterocycles. The van der Waals surface area contributed by atoms with Crippen LogP contribution in [0.1, 0.15) is 35.8 Å². The number of hydrogen-bond donors (Lipinski definition) is 1. The van der Waals surface area contributed by atoms with Crippen LogP contribution in [0.3, 0.4) is 0 Å². The van der Waals surface area contributed by atoms with Crippen LogP contribution in [0.5, 0.6) is 0 Å². The van der Waals surface area contributed by atoms with Crippen molar-refractivity contribution in [1.29, 1.82) is 0 Å². The molecule has 1 aliphatic rings. The van der Waals surface area contributed by atoms with Crippen molar-refractivity contribution >= 4 is 5.91 Å². The summed E-state index contributed by atoms with van der Waals surface area (Å²) < 4.78 is 0. The van der Waals surface area contributed by atoms with Crippen LogP contribution in [-0.4, -0.2) is 52.9 Å². The molecule has 1 fully saturated rings. The summed E-state index contributed by atoms with van der Waals surface area (Å²) in [7, 11) is 4.09. The van der Waals surface area contributed by atoms with Crippen molar-refractivity contribution in [2.45, 2.75) is 31.7 Å². The van der Waals surface area contributed by atoms with E-state index in [4.69, 9.17) is 0 Å². The number of hydrogen-bond acceptors (Lipinski definition) is 3. The lowest BCUT2D eigenvalue weighted by molar-refractivity contribution is -0.130. The molecule has 5 heteroatoms. The highest BCUT2D eigenvalue weighted by Gasteiger charge is 2.28. The normalized spacial score (nSPS) is 17.6. The van der Waals surface area contributed by atoms with Gasteiger partial charge in [-0.15, -0.1) is 0 Å². The average molecular weight is 326 g/mol. The van der Waals surface area contributed by atoms with E-state index >= 15 is 0 Å². The van der Waals surface area contributed by atoms with E-state index in [9.17, 15) is 4.79 Å². The lowest BCUT2D eigenvalue weighted by Crippen LogP contribution is -2.28. The molecule has 0 saturated carbocycles. The van der Waals surface area contributed by atoms with Gasteiger partial charge in [0.05, 0.1) is 0 Å². The van der Waals surface area contributed by atoms with Crippen molar-refractivity contribution in [2.24, 2.45) is 0 Å². The largest absolute Gasteiger partial charge is 0.345 e. The molecule has 0 spiro atoms. The van der Waals surface area contributed by atoms with E-state index in [-0.39, 0.29) is 5.91 Å². The van der Waals surface area contributed by atoms with Crippen LogP contribution in [-0.2, 0) is 17.8 Å². The Kier molecular flexibility index (Phi) is 5.30. The van der Waals surface area contributed by atoms with Crippen molar-refractivity contribution in [3.63, 3.8) is 0 Å². The Balaban J connectivity index is 1.51. The van der Waals surface area contributed by atoms with Crippen LogP contribution in [0.2, 0.25) is 0 Å². The van der Waals surface area contributed by atoms with Gasteiger partial charge in [0, 0.05) is 43.9 Å². The van der Waals surface area contributed by atoms with Crippen LogP contribution in [0, 0.1) is 0 Å². The van der Waals surface area contributed by atoms with Gasteiger partial charge in [0.25, 0.3) is 0 Å². The van der Waals surface area contributed by atoms with Gasteiger partial charge in [-0.1, -0.05) is 30.3 Å². The summed E-state index contributed by atoms with van der Waals surface area (Å²) >= 11 is 0. The van der Waals surface area contributed by atoms with Crippen LogP contribution in [0.4, 0.5) is 0 Å². The first-order valence-electron chi connectivity index (χ1n) is 8.62. The van der Waals surface area contributed by atoms with E-state index in [1.54, 1.807) is 0 Å². The summed E-state index contributed by atoms with van der Waals surface area (Å²) in [6.45, 7) is 2.48. The molecule has 1 amide bonds. The minimum absolute atomic E-state index is 0.251. The summed E-state index contributed by atoms with van der Waals surface area (Å²) in [4.78, 5) is 24.5. The Hall–Kier alpha value is -2.14. The van der Waals surface area contributed by atoms with Crippen LogP contribution >= 0.6 is 0 Å². The summed E-state index contributed by atoms with van der Waals surface area (Å²) in [6, 6.07) is 10.2. The molecule has 5 nitrogen and oxygen atoms in total. The van der Waals surface area contributed by atoms with Gasteiger partial charge >= 0.3 is 0 Å². The number of nitrogens with zero attached hydrogens (tertiary/aromatic N) is 3. The maximum Gasteiger partial charge on any atom is 0.222 e. The highest BCUT2D eigenvalue weighted by atomic mass is 16.2. The molecule has 0 aliphatic carbocycles. The average Bonchev–Trinajstić information content (AvgIpc) is 3.22. The lowest BCUT2D eigenvalue weighted by Gasteiger charge is -2.16. The minimum Gasteiger partial charge on any atom is -0.345 e. The van der Waals surface area contributed by atoms with Crippen molar-refractivity contribution in [1.82, 2.24) is 19.8 Å². The molecule has 24 heavy (non-hydrogen) atoms. The van der Waals surface area contributed by atoms with E-state index in [0.717, 1.165) is 44.0 Å². The molecule has 0 radical (unpaired) electrons. The summed E-state index contributed by atoms with van der Waals surface area (Å²) in [5, 5.41) is 0. The molecule has 1 aliphatic heterocycles. The number of aromatic amines is 1. The van der Waals surface area contributed by atoms with Crippen LogP contribution in [0.25, 0.3) is 0 Å². The Morgan fingerprint density at radius 1 is 1.33 bits per heavy atom. The van der Waals surface area contributed by atoms with Gasteiger partial charge in [-0.3, -0.25) is 4.79 Å².